The van der Waals surface area contributed by atoms with Crippen molar-refractivity contribution in [3.05, 3.63) is 54.1 Å². The first-order valence-electron chi connectivity index (χ1n) is 8.55. The van der Waals surface area contributed by atoms with Crippen molar-refractivity contribution in [1.82, 2.24) is 14.8 Å². The number of carbonyl (C=O) groups is 2. The number of thioether (sulfide) groups is 1. The van der Waals surface area contributed by atoms with Gasteiger partial charge in [0.2, 0.25) is 5.91 Å². The highest BCUT2D eigenvalue weighted by molar-refractivity contribution is 7.99. The van der Waals surface area contributed by atoms with Crippen LogP contribution in [0.3, 0.4) is 0 Å². The summed E-state index contributed by atoms with van der Waals surface area (Å²) >= 11 is 1.30. The Morgan fingerprint density at radius 2 is 1.75 bits per heavy atom. The van der Waals surface area contributed by atoms with Gasteiger partial charge in [-0.05, 0) is 55.5 Å². The molecule has 0 radical (unpaired) electrons. The van der Waals surface area contributed by atoms with Crippen LogP contribution in [0.5, 0.6) is 5.75 Å². The number of aromatic nitrogens is 3. The van der Waals surface area contributed by atoms with Crippen LogP contribution in [0, 0.1) is 0 Å². The molecular weight excluding hydrogens is 376 g/mol. The molecule has 0 saturated carbocycles. The number of rotatable bonds is 7. The maximum absolute atomic E-state index is 12.2. The highest BCUT2D eigenvalue weighted by Crippen LogP contribution is 2.24. The molecule has 7 nitrogen and oxygen atoms in total. The minimum absolute atomic E-state index is 0.0108. The molecule has 1 amide bonds. The molecule has 8 heteroatoms. The Bertz CT molecular complexity index is 982. The van der Waals surface area contributed by atoms with Gasteiger partial charge in [0, 0.05) is 23.9 Å². The summed E-state index contributed by atoms with van der Waals surface area (Å²) in [6.07, 6.45) is 0. The highest BCUT2D eigenvalue weighted by atomic mass is 32.2. The van der Waals surface area contributed by atoms with Crippen LogP contribution in [0.1, 0.15) is 17.3 Å². The number of nitrogens with zero attached hydrogens (tertiary/aromatic N) is 3. The van der Waals surface area contributed by atoms with E-state index < -0.39 is 0 Å². The molecule has 0 fully saturated rings. The lowest BCUT2D eigenvalue weighted by Gasteiger charge is -2.06. The molecule has 0 unspecified atom stereocenters. The van der Waals surface area contributed by atoms with E-state index in [-0.39, 0.29) is 17.4 Å². The number of amides is 1. The number of Topliss-reactive ketones (excluding diaryl/α,β-unsaturated/α-hetero) is 1. The molecule has 0 aliphatic heterocycles. The molecule has 0 saturated heterocycles. The third-order valence-electron chi connectivity index (χ3n) is 4.09. The van der Waals surface area contributed by atoms with Gasteiger partial charge in [0.15, 0.2) is 16.8 Å². The van der Waals surface area contributed by atoms with Crippen LogP contribution in [0.25, 0.3) is 11.4 Å². The van der Waals surface area contributed by atoms with Gasteiger partial charge in [0.05, 0.1) is 12.9 Å². The molecule has 0 atom stereocenters. The fourth-order valence-electron chi connectivity index (χ4n) is 2.55. The van der Waals surface area contributed by atoms with E-state index in [0.717, 1.165) is 11.3 Å². The topological polar surface area (TPSA) is 86.1 Å². The number of ketones is 1. The number of hydrogen-bond donors (Lipinski definition) is 1. The third kappa shape index (κ3) is 4.58. The Kier molecular flexibility index (Phi) is 6.10. The van der Waals surface area contributed by atoms with E-state index in [9.17, 15) is 9.59 Å². The lowest BCUT2D eigenvalue weighted by molar-refractivity contribution is -0.113. The Hall–Kier alpha value is -3.13. The van der Waals surface area contributed by atoms with Crippen LogP contribution >= 0.6 is 11.8 Å². The monoisotopic (exact) mass is 396 g/mol. The number of benzene rings is 2. The van der Waals surface area contributed by atoms with Crippen LogP contribution < -0.4 is 10.1 Å². The summed E-state index contributed by atoms with van der Waals surface area (Å²) in [6.45, 7) is 1.51. The maximum atomic E-state index is 12.2. The average molecular weight is 396 g/mol. The Morgan fingerprint density at radius 1 is 1.07 bits per heavy atom. The number of methoxy groups -OCH3 is 1. The summed E-state index contributed by atoms with van der Waals surface area (Å²) < 4.78 is 7.01. The summed E-state index contributed by atoms with van der Waals surface area (Å²) in [7, 11) is 3.48. The van der Waals surface area contributed by atoms with Gasteiger partial charge >= 0.3 is 0 Å². The van der Waals surface area contributed by atoms with Crippen molar-refractivity contribution in [2.75, 3.05) is 18.2 Å². The van der Waals surface area contributed by atoms with Crippen molar-refractivity contribution in [1.29, 1.82) is 0 Å². The Labute approximate surface area is 167 Å². The van der Waals surface area contributed by atoms with Gasteiger partial charge in [-0.1, -0.05) is 11.8 Å². The predicted molar refractivity (Wildman–Crippen MR) is 109 cm³/mol. The first kappa shape index (κ1) is 19.6. The van der Waals surface area contributed by atoms with Gasteiger partial charge in [-0.2, -0.15) is 0 Å². The number of ether oxygens (including phenoxy) is 1. The highest BCUT2D eigenvalue weighted by Gasteiger charge is 2.13. The van der Waals surface area contributed by atoms with Gasteiger partial charge in [-0.25, -0.2) is 0 Å². The summed E-state index contributed by atoms with van der Waals surface area (Å²) in [5.74, 6) is 1.51. The smallest absolute Gasteiger partial charge is 0.234 e. The second-order valence-corrected chi connectivity index (χ2v) is 7.01. The Morgan fingerprint density at radius 3 is 2.36 bits per heavy atom. The van der Waals surface area contributed by atoms with Crippen LogP contribution in [-0.2, 0) is 11.8 Å². The standard InChI is InChI=1S/C20H20N4O3S/c1-13(25)14-4-8-16(9-5-14)21-18(26)12-28-20-23-22-19(24(20)2)15-6-10-17(27-3)11-7-15/h4-11H,12H2,1-3H3,(H,21,26). The molecule has 0 aliphatic rings. The average Bonchev–Trinajstić information content (AvgIpc) is 3.07. The maximum Gasteiger partial charge on any atom is 0.234 e. The summed E-state index contributed by atoms with van der Waals surface area (Å²) in [5, 5.41) is 11.8. The van der Waals surface area contributed by atoms with E-state index >= 15 is 0 Å². The van der Waals surface area contributed by atoms with Gasteiger partial charge in [0.1, 0.15) is 5.75 Å². The van der Waals surface area contributed by atoms with Crippen LogP contribution in [0.2, 0.25) is 0 Å². The molecule has 2 aromatic carbocycles. The van der Waals surface area contributed by atoms with Crippen LogP contribution in [0.4, 0.5) is 5.69 Å². The van der Waals surface area contributed by atoms with E-state index in [2.05, 4.69) is 15.5 Å². The summed E-state index contributed by atoms with van der Waals surface area (Å²) in [4.78, 5) is 23.5. The zero-order chi connectivity index (χ0) is 20.1. The third-order valence-corrected chi connectivity index (χ3v) is 5.11. The lowest BCUT2D eigenvalue weighted by Crippen LogP contribution is -2.14. The van der Waals surface area contributed by atoms with Crippen molar-refractivity contribution in [3.8, 4) is 17.1 Å². The summed E-state index contributed by atoms with van der Waals surface area (Å²) in [5.41, 5.74) is 2.17. The van der Waals surface area contributed by atoms with E-state index in [1.807, 2.05) is 35.9 Å². The van der Waals surface area contributed by atoms with Crippen molar-refractivity contribution >= 4 is 29.1 Å². The molecule has 144 valence electrons. The number of anilines is 1. The van der Waals surface area contributed by atoms with E-state index in [4.69, 9.17) is 4.74 Å². The minimum atomic E-state index is -0.158. The number of hydrogen-bond acceptors (Lipinski definition) is 6. The molecule has 0 aliphatic carbocycles. The zero-order valence-electron chi connectivity index (χ0n) is 15.8. The molecule has 1 aromatic heterocycles. The predicted octanol–water partition coefficient (Wildman–Crippen LogP) is 3.42. The van der Waals surface area contributed by atoms with E-state index in [1.54, 1.807) is 31.4 Å². The fourth-order valence-corrected chi connectivity index (χ4v) is 3.26. The molecular formula is C20H20N4O3S. The molecule has 28 heavy (non-hydrogen) atoms. The largest absolute Gasteiger partial charge is 0.497 e. The fraction of sp³-hybridized carbons (Fsp3) is 0.200. The van der Waals surface area contributed by atoms with Crippen molar-refractivity contribution < 1.29 is 14.3 Å². The lowest BCUT2D eigenvalue weighted by atomic mass is 10.1. The normalized spacial score (nSPS) is 10.5. The van der Waals surface area contributed by atoms with Crippen molar-refractivity contribution in [3.63, 3.8) is 0 Å². The van der Waals surface area contributed by atoms with E-state index in [1.165, 1.54) is 18.7 Å². The quantitative estimate of drug-likeness (QED) is 0.486. The molecule has 0 spiro atoms. The SMILES string of the molecule is COc1ccc(-c2nnc(SCC(=O)Nc3ccc(C(C)=O)cc3)n2C)cc1. The van der Waals surface area contributed by atoms with Crippen LogP contribution in [-0.4, -0.2) is 39.3 Å². The second kappa shape index (κ2) is 8.71. The summed E-state index contributed by atoms with van der Waals surface area (Å²) in [6, 6.07) is 14.4. The molecule has 1 N–H and O–H groups in total. The van der Waals surface area contributed by atoms with Gasteiger partial charge in [-0.15, -0.1) is 10.2 Å². The first-order chi connectivity index (χ1) is 13.5. The number of carbonyl (C=O) groups excluding carboxylic acids is 2. The number of nitrogens with one attached hydrogen (secondary N) is 1. The van der Waals surface area contributed by atoms with Gasteiger partial charge in [-0.3, -0.25) is 9.59 Å². The second-order valence-electron chi connectivity index (χ2n) is 6.06. The molecule has 0 bridgehead atoms. The van der Waals surface area contributed by atoms with Crippen molar-refractivity contribution in [2.24, 2.45) is 7.05 Å². The molecule has 3 aromatic rings. The molecule has 1 heterocycles. The first-order valence-corrected chi connectivity index (χ1v) is 9.54. The van der Waals surface area contributed by atoms with Crippen molar-refractivity contribution in [2.45, 2.75) is 12.1 Å². The Balaban J connectivity index is 1.60. The van der Waals surface area contributed by atoms with Gasteiger partial charge in [0.25, 0.3) is 0 Å². The van der Waals surface area contributed by atoms with Gasteiger partial charge < -0.3 is 14.6 Å². The zero-order valence-corrected chi connectivity index (χ0v) is 16.6. The molecule has 3 rings (SSSR count). The minimum Gasteiger partial charge on any atom is -0.497 e. The van der Waals surface area contributed by atoms with E-state index in [0.29, 0.717) is 22.2 Å². The van der Waals surface area contributed by atoms with Crippen LogP contribution in [0.15, 0.2) is 53.7 Å².